The van der Waals surface area contributed by atoms with Gasteiger partial charge in [-0.2, -0.15) is 0 Å². The highest BCUT2D eigenvalue weighted by Gasteiger charge is 2.42. The first-order chi connectivity index (χ1) is 15.1. The van der Waals surface area contributed by atoms with Gasteiger partial charge in [-0.15, -0.1) is 0 Å². The Morgan fingerprint density at radius 3 is 2.71 bits per heavy atom. The number of hydrogen-bond acceptors (Lipinski definition) is 10. The number of methoxy groups -OCH3 is 2. The van der Waals surface area contributed by atoms with Crippen LogP contribution in [-0.2, 0) is 11.2 Å². The summed E-state index contributed by atoms with van der Waals surface area (Å²) in [6.07, 6.45) is 1.29. The zero-order chi connectivity index (χ0) is 22.0. The Labute approximate surface area is 178 Å². The summed E-state index contributed by atoms with van der Waals surface area (Å²) in [5, 5.41) is 22.8. The number of nitrogens with one attached hydrogen (secondary N) is 1. The van der Waals surface area contributed by atoms with Crippen molar-refractivity contribution < 1.29 is 24.4 Å². The number of aliphatic hydroxyl groups excluding tert-OH is 2. The van der Waals surface area contributed by atoms with Gasteiger partial charge < -0.3 is 35.5 Å². The van der Waals surface area contributed by atoms with E-state index in [9.17, 15) is 10.2 Å². The molecule has 0 radical (unpaired) electrons. The molecule has 4 rings (SSSR count). The van der Waals surface area contributed by atoms with Gasteiger partial charge in [0, 0.05) is 6.54 Å². The van der Waals surface area contributed by atoms with E-state index in [4.69, 9.17) is 19.9 Å². The van der Waals surface area contributed by atoms with Gasteiger partial charge in [0.1, 0.15) is 18.5 Å². The summed E-state index contributed by atoms with van der Waals surface area (Å²) >= 11 is 0. The lowest BCUT2D eigenvalue weighted by atomic mass is 10.1. The Balaban J connectivity index is 1.49. The van der Waals surface area contributed by atoms with Gasteiger partial charge in [-0.05, 0) is 24.1 Å². The normalized spacial score (nSPS) is 23.3. The average molecular weight is 430 g/mol. The van der Waals surface area contributed by atoms with Crippen LogP contribution in [-0.4, -0.2) is 75.4 Å². The number of anilines is 1. The van der Waals surface area contributed by atoms with E-state index in [-0.39, 0.29) is 6.61 Å². The number of rotatable bonds is 8. The molecule has 5 N–H and O–H groups in total. The van der Waals surface area contributed by atoms with Crippen molar-refractivity contribution in [2.45, 2.75) is 30.9 Å². The van der Waals surface area contributed by atoms with Crippen molar-refractivity contribution in [2.24, 2.45) is 5.73 Å². The number of aromatic nitrogens is 4. The van der Waals surface area contributed by atoms with Gasteiger partial charge in [0.05, 0.1) is 33.2 Å². The first kappa shape index (κ1) is 21.2. The van der Waals surface area contributed by atoms with Crippen molar-refractivity contribution in [1.82, 2.24) is 19.5 Å². The monoisotopic (exact) mass is 430 g/mol. The number of ether oxygens (including phenoxy) is 3. The fourth-order valence-corrected chi connectivity index (χ4v) is 3.70. The van der Waals surface area contributed by atoms with Gasteiger partial charge in [-0.1, -0.05) is 6.07 Å². The molecule has 0 saturated carbocycles. The van der Waals surface area contributed by atoms with E-state index in [1.165, 1.54) is 6.33 Å². The zero-order valence-corrected chi connectivity index (χ0v) is 17.3. The Morgan fingerprint density at radius 2 is 2.00 bits per heavy atom. The van der Waals surface area contributed by atoms with E-state index in [2.05, 4.69) is 20.3 Å². The predicted molar refractivity (Wildman–Crippen MR) is 112 cm³/mol. The van der Waals surface area contributed by atoms with Crippen LogP contribution in [0.2, 0.25) is 0 Å². The summed E-state index contributed by atoms with van der Waals surface area (Å²) in [7, 11) is 3.21. The first-order valence-corrected chi connectivity index (χ1v) is 9.89. The minimum Gasteiger partial charge on any atom is -0.493 e. The van der Waals surface area contributed by atoms with E-state index in [1.807, 2.05) is 18.2 Å². The molecule has 0 unspecified atom stereocenters. The van der Waals surface area contributed by atoms with Crippen molar-refractivity contribution in [3.8, 4) is 11.5 Å². The number of nitrogens with two attached hydrogens (primary N) is 1. The van der Waals surface area contributed by atoms with Crippen LogP contribution in [0.15, 0.2) is 30.9 Å². The topological polar surface area (TPSA) is 150 Å². The van der Waals surface area contributed by atoms with Crippen LogP contribution in [0.1, 0.15) is 11.8 Å². The molecule has 11 nitrogen and oxygen atoms in total. The molecule has 1 aromatic carbocycles. The van der Waals surface area contributed by atoms with E-state index < -0.39 is 24.5 Å². The highest BCUT2D eigenvalue weighted by Crippen LogP contribution is 2.31. The molecule has 1 saturated heterocycles. The average Bonchev–Trinajstić information content (AvgIpc) is 3.35. The van der Waals surface area contributed by atoms with Crippen molar-refractivity contribution in [1.29, 1.82) is 0 Å². The quantitative estimate of drug-likeness (QED) is 0.387. The number of imidazole rings is 1. The number of hydrogen-bond donors (Lipinski definition) is 4. The number of nitrogens with zero attached hydrogens (tertiary/aromatic N) is 4. The van der Waals surface area contributed by atoms with Crippen LogP contribution >= 0.6 is 0 Å². The molecule has 11 heteroatoms. The predicted octanol–water partition coefficient (Wildman–Crippen LogP) is 0.0760. The van der Waals surface area contributed by atoms with Gasteiger partial charge in [-0.3, -0.25) is 4.57 Å². The number of benzene rings is 1. The summed E-state index contributed by atoms with van der Waals surface area (Å²) in [6.45, 7) is 0.287. The van der Waals surface area contributed by atoms with Crippen LogP contribution < -0.4 is 20.5 Å². The summed E-state index contributed by atoms with van der Waals surface area (Å²) in [6, 6.07) is 5.07. The van der Waals surface area contributed by atoms with Gasteiger partial charge in [-0.25, -0.2) is 15.0 Å². The fraction of sp³-hybridized carbons (Fsp3) is 0.450. The van der Waals surface area contributed by atoms with E-state index in [1.54, 1.807) is 25.1 Å². The smallest absolute Gasteiger partial charge is 0.167 e. The number of aliphatic hydroxyl groups is 2. The van der Waals surface area contributed by atoms with E-state index in [0.29, 0.717) is 35.0 Å². The third kappa shape index (κ3) is 4.00. The third-order valence-electron chi connectivity index (χ3n) is 5.39. The SMILES string of the molecule is COc1ccc(CCNc2ncnc3c2ncn3[C@@H]2O[C@H](CO)[C@@H](O)[C@H]2N)cc1OC. The molecule has 4 atom stereocenters. The molecule has 166 valence electrons. The molecule has 0 aliphatic carbocycles. The Morgan fingerprint density at radius 1 is 1.19 bits per heavy atom. The molecule has 1 aliphatic rings. The molecule has 3 heterocycles. The van der Waals surface area contributed by atoms with Crippen LogP contribution in [0.4, 0.5) is 5.82 Å². The molecule has 3 aromatic rings. The second-order valence-electron chi connectivity index (χ2n) is 7.23. The van der Waals surface area contributed by atoms with Crippen molar-refractivity contribution in [3.05, 3.63) is 36.4 Å². The maximum atomic E-state index is 10.1. The molecule has 0 amide bonds. The Bertz CT molecular complexity index is 1040. The maximum Gasteiger partial charge on any atom is 0.167 e. The molecule has 1 fully saturated rings. The largest absolute Gasteiger partial charge is 0.493 e. The van der Waals surface area contributed by atoms with Crippen LogP contribution in [0.3, 0.4) is 0 Å². The molecule has 1 aliphatic heterocycles. The van der Waals surface area contributed by atoms with E-state index >= 15 is 0 Å². The van der Waals surface area contributed by atoms with Gasteiger partial charge >= 0.3 is 0 Å². The van der Waals surface area contributed by atoms with Crippen molar-refractivity contribution in [3.63, 3.8) is 0 Å². The Kier molecular flexibility index (Phi) is 6.18. The molecule has 0 bridgehead atoms. The lowest BCUT2D eigenvalue weighted by molar-refractivity contribution is -0.0437. The van der Waals surface area contributed by atoms with Gasteiger partial charge in [0.15, 0.2) is 34.7 Å². The molecule has 31 heavy (non-hydrogen) atoms. The lowest BCUT2D eigenvalue weighted by Gasteiger charge is -2.17. The first-order valence-electron chi connectivity index (χ1n) is 9.89. The summed E-state index contributed by atoms with van der Waals surface area (Å²) in [4.78, 5) is 13.0. The van der Waals surface area contributed by atoms with Crippen molar-refractivity contribution in [2.75, 3.05) is 32.7 Å². The van der Waals surface area contributed by atoms with Crippen LogP contribution in [0.25, 0.3) is 11.2 Å². The summed E-state index contributed by atoms with van der Waals surface area (Å²) in [5.41, 5.74) is 8.25. The summed E-state index contributed by atoms with van der Waals surface area (Å²) < 4.78 is 18.0. The lowest BCUT2D eigenvalue weighted by Crippen LogP contribution is -2.39. The fourth-order valence-electron chi connectivity index (χ4n) is 3.70. The number of fused-ring (bicyclic) bond motifs is 1. The van der Waals surface area contributed by atoms with Gasteiger partial charge in [0.25, 0.3) is 0 Å². The molecular formula is C20H26N6O5. The third-order valence-corrected chi connectivity index (χ3v) is 5.39. The molecular weight excluding hydrogens is 404 g/mol. The highest BCUT2D eigenvalue weighted by atomic mass is 16.5. The van der Waals surface area contributed by atoms with E-state index in [0.717, 1.165) is 12.0 Å². The van der Waals surface area contributed by atoms with Crippen molar-refractivity contribution >= 4 is 17.0 Å². The minimum atomic E-state index is -0.978. The highest BCUT2D eigenvalue weighted by molar-refractivity contribution is 5.82. The molecule has 2 aromatic heterocycles. The Hall–Kier alpha value is -2.99. The minimum absolute atomic E-state index is 0.323. The molecule has 0 spiro atoms. The second kappa shape index (κ2) is 9.02. The van der Waals surface area contributed by atoms with Crippen LogP contribution in [0.5, 0.6) is 11.5 Å². The zero-order valence-electron chi connectivity index (χ0n) is 17.3. The maximum absolute atomic E-state index is 10.1. The second-order valence-corrected chi connectivity index (χ2v) is 7.23. The standard InChI is InChI=1S/C20H26N6O5/c1-29-12-4-3-11(7-13(12)30-2)5-6-22-18-16-19(24-9-23-18)26(10-25-16)20-15(21)17(28)14(8-27)31-20/h3-4,7,9-10,14-15,17,20,27-28H,5-6,8,21H2,1-2H3,(H,22,23,24)/t14-,15-,17-,20-/m1/s1. The summed E-state index contributed by atoms with van der Waals surface area (Å²) in [5.74, 6) is 1.94. The van der Waals surface area contributed by atoms with Crippen LogP contribution in [0, 0.1) is 0 Å². The van der Waals surface area contributed by atoms with Gasteiger partial charge in [0.2, 0.25) is 0 Å².